The first-order valence-corrected chi connectivity index (χ1v) is 9.07. The van der Waals surface area contributed by atoms with Gasteiger partial charge in [-0.25, -0.2) is 4.98 Å². The maximum Gasteiger partial charge on any atom is 0.0992 e. The molecule has 0 atom stereocenters. The Labute approximate surface area is 146 Å². The van der Waals surface area contributed by atoms with E-state index in [1.807, 2.05) is 0 Å². The Morgan fingerprint density at radius 2 is 1.91 bits per heavy atom. The van der Waals surface area contributed by atoms with Gasteiger partial charge in [-0.2, -0.15) is 4.99 Å². The lowest BCUT2D eigenvalue weighted by Crippen LogP contribution is -2.44. The zero-order chi connectivity index (χ0) is 16.6. The van der Waals surface area contributed by atoms with Gasteiger partial charge in [-0.15, -0.1) is 11.3 Å². The van der Waals surface area contributed by atoms with Crippen molar-refractivity contribution in [2.75, 3.05) is 38.1 Å². The second-order valence-electron chi connectivity index (χ2n) is 7.07. The highest BCUT2D eigenvalue weighted by Crippen LogP contribution is 2.38. The van der Waals surface area contributed by atoms with E-state index in [1.54, 1.807) is 11.3 Å². The number of thiocarbonyl (C=S) groups is 1. The standard InChI is InChI=1S/C17H22N4S2/c1-17(2,3)16-19-13-9-14(21-7-5-20(4)6-8-21)12(18-11-22)10-15(13)23-16/h9-10H,5-8H2,1-4H3. The predicted molar refractivity (Wildman–Crippen MR) is 103 cm³/mol. The molecule has 1 fully saturated rings. The molecule has 0 unspecified atom stereocenters. The molecule has 0 radical (unpaired) electrons. The summed E-state index contributed by atoms with van der Waals surface area (Å²) in [5.41, 5.74) is 3.14. The summed E-state index contributed by atoms with van der Waals surface area (Å²) in [5, 5.41) is 3.68. The fourth-order valence-electron chi connectivity index (χ4n) is 2.71. The van der Waals surface area contributed by atoms with Crippen LogP contribution in [0.1, 0.15) is 25.8 Å². The molecule has 1 aliphatic rings. The van der Waals surface area contributed by atoms with Gasteiger partial charge in [0.15, 0.2) is 0 Å². The molecule has 0 bridgehead atoms. The minimum absolute atomic E-state index is 0.0608. The van der Waals surface area contributed by atoms with Crippen LogP contribution in [0.25, 0.3) is 10.2 Å². The number of rotatable bonds is 2. The monoisotopic (exact) mass is 346 g/mol. The Morgan fingerprint density at radius 3 is 2.52 bits per heavy atom. The summed E-state index contributed by atoms with van der Waals surface area (Å²) in [4.78, 5) is 13.9. The molecule has 0 N–H and O–H groups in total. The maximum atomic E-state index is 4.85. The molecule has 0 saturated carbocycles. The Morgan fingerprint density at radius 1 is 1.22 bits per heavy atom. The molecule has 23 heavy (non-hydrogen) atoms. The minimum Gasteiger partial charge on any atom is -0.367 e. The minimum atomic E-state index is 0.0608. The first kappa shape index (κ1) is 16.5. The summed E-state index contributed by atoms with van der Waals surface area (Å²) in [6.45, 7) is 10.7. The third-order valence-corrected chi connectivity index (χ3v) is 5.67. The van der Waals surface area contributed by atoms with Gasteiger partial charge in [0.25, 0.3) is 0 Å². The predicted octanol–water partition coefficient (Wildman–Crippen LogP) is 4.08. The van der Waals surface area contributed by atoms with Crippen LogP contribution >= 0.6 is 23.6 Å². The zero-order valence-electron chi connectivity index (χ0n) is 14.1. The number of aromatic nitrogens is 1. The van der Waals surface area contributed by atoms with E-state index in [1.165, 1.54) is 0 Å². The van der Waals surface area contributed by atoms with E-state index in [2.05, 4.69) is 59.9 Å². The first-order valence-electron chi connectivity index (χ1n) is 7.85. The number of benzene rings is 1. The summed E-state index contributed by atoms with van der Waals surface area (Å²) >= 11 is 6.59. The number of thiazole rings is 1. The molecule has 0 aliphatic carbocycles. The molecular formula is C17H22N4S2. The van der Waals surface area contributed by atoms with Crippen LogP contribution in [0.3, 0.4) is 0 Å². The molecule has 0 amide bonds. The summed E-state index contributed by atoms with van der Waals surface area (Å²) in [6, 6.07) is 4.27. The average molecular weight is 347 g/mol. The highest BCUT2D eigenvalue weighted by atomic mass is 32.1. The number of aliphatic imine (C=N–C) groups is 1. The van der Waals surface area contributed by atoms with E-state index in [0.29, 0.717) is 0 Å². The largest absolute Gasteiger partial charge is 0.367 e. The van der Waals surface area contributed by atoms with Gasteiger partial charge in [0, 0.05) is 31.6 Å². The van der Waals surface area contributed by atoms with Gasteiger partial charge in [-0.1, -0.05) is 20.8 Å². The molecular weight excluding hydrogens is 324 g/mol. The molecule has 2 heterocycles. The highest BCUT2D eigenvalue weighted by Gasteiger charge is 2.22. The van der Waals surface area contributed by atoms with Crippen molar-refractivity contribution in [1.82, 2.24) is 9.88 Å². The average Bonchev–Trinajstić information content (AvgIpc) is 2.91. The summed E-state index contributed by atoms with van der Waals surface area (Å²) in [6.07, 6.45) is 0. The molecule has 0 spiro atoms. The van der Waals surface area contributed by atoms with Crippen LogP contribution in [-0.2, 0) is 5.41 Å². The smallest absolute Gasteiger partial charge is 0.0992 e. The van der Waals surface area contributed by atoms with Crippen LogP contribution in [0.2, 0.25) is 0 Å². The molecule has 122 valence electrons. The third-order valence-electron chi connectivity index (χ3n) is 4.14. The Kier molecular flexibility index (Phi) is 4.52. The molecule has 1 aliphatic heterocycles. The normalized spacial score (nSPS) is 16.6. The van der Waals surface area contributed by atoms with Crippen molar-refractivity contribution in [3.8, 4) is 0 Å². The van der Waals surface area contributed by atoms with Crippen LogP contribution in [0.15, 0.2) is 17.1 Å². The molecule has 2 aromatic rings. The summed E-state index contributed by atoms with van der Waals surface area (Å²) in [5.74, 6) is 0. The van der Waals surface area contributed by atoms with Crippen LogP contribution in [-0.4, -0.2) is 48.3 Å². The van der Waals surface area contributed by atoms with E-state index in [-0.39, 0.29) is 5.41 Å². The van der Waals surface area contributed by atoms with Gasteiger partial charge in [0.05, 0.1) is 31.8 Å². The lowest BCUT2D eigenvalue weighted by atomic mass is 9.98. The van der Waals surface area contributed by atoms with E-state index >= 15 is 0 Å². The Balaban J connectivity index is 2.08. The highest BCUT2D eigenvalue weighted by molar-refractivity contribution is 7.78. The lowest BCUT2D eigenvalue weighted by Gasteiger charge is -2.34. The molecule has 6 heteroatoms. The third kappa shape index (κ3) is 3.45. The van der Waals surface area contributed by atoms with Gasteiger partial charge < -0.3 is 9.80 Å². The van der Waals surface area contributed by atoms with Gasteiger partial charge in [0.1, 0.15) is 0 Å². The van der Waals surface area contributed by atoms with Gasteiger partial charge in [0.2, 0.25) is 0 Å². The molecule has 3 rings (SSSR count). The number of fused-ring (bicyclic) bond motifs is 1. The van der Waals surface area contributed by atoms with E-state index in [4.69, 9.17) is 17.2 Å². The van der Waals surface area contributed by atoms with Crippen LogP contribution in [0.4, 0.5) is 11.4 Å². The number of anilines is 1. The fraction of sp³-hybridized carbons (Fsp3) is 0.529. The number of nitrogens with zero attached hydrogens (tertiary/aromatic N) is 4. The first-order chi connectivity index (χ1) is 10.9. The van der Waals surface area contributed by atoms with E-state index in [9.17, 15) is 0 Å². The molecule has 1 saturated heterocycles. The fourth-order valence-corrected chi connectivity index (χ4v) is 3.85. The van der Waals surface area contributed by atoms with Crippen LogP contribution in [0.5, 0.6) is 0 Å². The zero-order valence-corrected chi connectivity index (χ0v) is 15.7. The van der Waals surface area contributed by atoms with E-state index < -0.39 is 0 Å². The van der Waals surface area contributed by atoms with Crippen molar-refractivity contribution in [3.05, 3.63) is 17.1 Å². The Hall–Kier alpha value is -1.33. The summed E-state index contributed by atoms with van der Waals surface area (Å²) < 4.78 is 1.16. The van der Waals surface area contributed by atoms with Gasteiger partial charge in [-0.3, -0.25) is 0 Å². The number of piperazine rings is 1. The van der Waals surface area contributed by atoms with Gasteiger partial charge in [-0.05, 0) is 31.4 Å². The van der Waals surface area contributed by atoms with Crippen molar-refractivity contribution >= 4 is 50.3 Å². The SMILES string of the molecule is CN1CCN(c2cc3nc(C(C)(C)C)sc3cc2N=C=S)CC1. The topological polar surface area (TPSA) is 31.7 Å². The molecule has 4 nitrogen and oxygen atoms in total. The number of hydrogen-bond acceptors (Lipinski definition) is 6. The number of hydrogen-bond donors (Lipinski definition) is 0. The molecule has 1 aromatic carbocycles. The lowest BCUT2D eigenvalue weighted by molar-refractivity contribution is 0.313. The Bertz CT molecular complexity index is 761. The molecule has 1 aromatic heterocycles. The second kappa shape index (κ2) is 6.29. The van der Waals surface area contributed by atoms with Crippen molar-refractivity contribution in [1.29, 1.82) is 0 Å². The summed E-state index contributed by atoms with van der Waals surface area (Å²) in [7, 11) is 2.16. The van der Waals surface area contributed by atoms with Crippen molar-refractivity contribution in [2.45, 2.75) is 26.2 Å². The van der Waals surface area contributed by atoms with Crippen molar-refractivity contribution in [2.24, 2.45) is 4.99 Å². The maximum absolute atomic E-state index is 4.85. The quantitative estimate of drug-likeness (QED) is 0.606. The number of likely N-dealkylation sites (N-methyl/N-ethyl adjacent to an activating group) is 1. The van der Waals surface area contributed by atoms with Crippen LogP contribution in [0, 0.1) is 0 Å². The van der Waals surface area contributed by atoms with E-state index in [0.717, 1.165) is 52.8 Å². The van der Waals surface area contributed by atoms with Crippen molar-refractivity contribution in [3.63, 3.8) is 0 Å². The van der Waals surface area contributed by atoms with Gasteiger partial charge >= 0.3 is 0 Å². The number of isothiocyanates is 1. The van der Waals surface area contributed by atoms with Crippen molar-refractivity contribution < 1.29 is 0 Å². The second-order valence-corrected chi connectivity index (χ2v) is 8.28. The van der Waals surface area contributed by atoms with Crippen LogP contribution < -0.4 is 4.90 Å².